The van der Waals surface area contributed by atoms with Gasteiger partial charge in [0.25, 0.3) is 0 Å². The number of fused-ring (bicyclic) bond motifs is 1. The molecule has 4 aromatic rings. The molecule has 2 aromatic carbocycles. The van der Waals surface area contributed by atoms with Gasteiger partial charge >= 0.3 is 0 Å². The lowest BCUT2D eigenvalue weighted by molar-refractivity contribution is -0.127. The summed E-state index contributed by atoms with van der Waals surface area (Å²) >= 11 is 1.47. The summed E-state index contributed by atoms with van der Waals surface area (Å²) in [4.78, 5) is 30.1. The quantitative estimate of drug-likeness (QED) is 0.357. The van der Waals surface area contributed by atoms with Crippen molar-refractivity contribution in [3.8, 4) is 5.75 Å². The van der Waals surface area contributed by atoms with Gasteiger partial charge in [-0.05, 0) is 67.6 Å². The molecule has 5 rings (SSSR count). The number of thiophene rings is 1. The molecule has 1 atom stereocenters. The maximum atomic E-state index is 14.0. The van der Waals surface area contributed by atoms with Gasteiger partial charge in [-0.1, -0.05) is 36.3 Å². The van der Waals surface area contributed by atoms with Crippen LogP contribution in [0.3, 0.4) is 0 Å². The van der Waals surface area contributed by atoms with Crippen LogP contribution in [0, 0.1) is 0 Å². The molecule has 1 saturated carbocycles. The number of nitrogens with one attached hydrogen (secondary N) is 1. The summed E-state index contributed by atoms with van der Waals surface area (Å²) in [6.07, 6.45) is 4.14. The van der Waals surface area contributed by atoms with Gasteiger partial charge in [0.05, 0.1) is 12.1 Å². The van der Waals surface area contributed by atoms with Crippen LogP contribution < -0.4 is 15.0 Å². The zero-order valence-electron chi connectivity index (χ0n) is 20.2. The van der Waals surface area contributed by atoms with Gasteiger partial charge in [0, 0.05) is 16.6 Å². The SMILES string of the molecule is CCOc1ccc(N(C(=O)Cn2nnc3ccccc32)C(C(=O)NC2CCCC2)c2cccs2)cc1. The van der Waals surface area contributed by atoms with E-state index in [9.17, 15) is 9.59 Å². The minimum Gasteiger partial charge on any atom is -0.494 e. The summed E-state index contributed by atoms with van der Waals surface area (Å²) < 4.78 is 7.18. The third-order valence-electron chi connectivity index (χ3n) is 6.42. The lowest BCUT2D eigenvalue weighted by atomic mass is 10.1. The third kappa shape index (κ3) is 5.11. The van der Waals surface area contributed by atoms with Crippen LogP contribution in [0.15, 0.2) is 66.0 Å². The van der Waals surface area contributed by atoms with Crippen LogP contribution in [0.4, 0.5) is 5.69 Å². The monoisotopic (exact) mass is 503 g/mol. The predicted octanol–water partition coefficient (Wildman–Crippen LogP) is 4.72. The second-order valence-corrected chi connectivity index (χ2v) is 9.81. The van der Waals surface area contributed by atoms with Crippen molar-refractivity contribution in [2.24, 2.45) is 0 Å². The summed E-state index contributed by atoms with van der Waals surface area (Å²) in [7, 11) is 0. The Kier molecular flexibility index (Phi) is 7.27. The molecule has 1 aliphatic rings. The van der Waals surface area contributed by atoms with Crippen molar-refractivity contribution in [3.05, 3.63) is 70.9 Å². The molecular weight excluding hydrogens is 474 g/mol. The Bertz CT molecular complexity index is 1310. The molecule has 0 spiro atoms. The fourth-order valence-electron chi connectivity index (χ4n) is 4.72. The average Bonchev–Trinajstić information content (AvgIpc) is 3.67. The van der Waals surface area contributed by atoms with E-state index >= 15 is 0 Å². The Morgan fingerprint density at radius 2 is 1.89 bits per heavy atom. The number of amides is 2. The van der Waals surface area contributed by atoms with E-state index in [1.807, 2.05) is 73.0 Å². The molecule has 2 amide bonds. The number of anilines is 1. The summed E-state index contributed by atoms with van der Waals surface area (Å²) in [5.41, 5.74) is 2.10. The molecule has 1 fully saturated rings. The fourth-order valence-corrected chi connectivity index (χ4v) is 5.53. The molecule has 2 heterocycles. The van der Waals surface area contributed by atoms with E-state index in [-0.39, 0.29) is 24.4 Å². The zero-order chi connectivity index (χ0) is 24.9. The Morgan fingerprint density at radius 1 is 1.11 bits per heavy atom. The highest BCUT2D eigenvalue weighted by atomic mass is 32.1. The predicted molar refractivity (Wildman–Crippen MR) is 140 cm³/mol. The molecular formula is C27H29N5O3S. The van der Waals surface area contributed by atoms with Gasteiger partial charge in [-0.15, -0.1) is 16.4 Å². The van der Waals surface area contributed by atoms with E-state index in [1.165, 1.54) is 11.3 Å². The number of para-hydroxylation sites is 1. The Morgan fingerprint density at radius 3 is 2.61 bits per heavy atom. The minimum atomic E-state index is -0.800. The second-order valence-electron chi connectivity index (χ2n) is 8.83. The van der Waals surface area contributed by atoms with Gasteiger partial charge < -0.3 is 10.1 Å². The van der Waals surface area contributed by atoms with Crippen molar-refractivity contribution in [3.63, 3.8) is 0 Å². The van der Waals surface area contributed by atoms with Crippen molar-refractivity contribution >= 4 is 39.9 Å². The van der Waals surface area contributed by atoms with Crippen molar-refractivity contribution < 1.29 is 14.3 Å². The molecule has 0 aliphatic heterocycles. The van der Waals surface area contributed by atoms with Crippen molar-refractivity contribution in [2.45, 2.75) is 51.2 Å². The minimum absolute atomic E-state index is 0.0493. The van der Waals surface area contributed by atoms with Crippen molar-refractivity contribution in [1.82, 2.24) is 20.3 Å². The number of aromatic nitrogens is 3. The molecule has 1 N–H and O–H groups in total. The molecule has 36 heavy (non-hydrogen) atoms. The van der Waals surface area contributed by atoms with Crippen LogP contribution in [0.1, 0.15) is 43.5 Å². The summed E-state index contributed by atoms with van der Waals surface area (Å²) in [5.74, 6) is 0.281. The smallest absolute Gasteiger partial charge is 0.249 e. The molecule has 0 radical (unpaired) electrons. The molecule has 8 nitrogen and oxygen atoms in total. The zero-order valence-corrected chi connectivity index (χ0v) is 21.0. The number of benzene rings is 2. The summed E-state index contributed by atoms with van der Waals surface area (Å²) in [6, 6.07) is 18.0. The van der Waals surface area contributed by atoms with E-state index < -0.39 is 6.04 Å². The number of nitrogens with zero attached hydrogens (tertiary/aromatic N) is 4. The highest BCUT2D eigenvalue weighted by molar-refractivity contribution is 7.10. The molecule has 186 valence electrons. The maximum absolute atomic E-state index is 14.0. The van der Waals surface area contributed by atoms with Gasteiger partial charge in [-0.2, -0.15) is 0 Å². The van der Waals surface area contributed by atoms with Gasteiger partial charge in [0.2, 0.25) is 11.8 Å². The molecule has 1 aliphatic carbocycles. The molecule has 0 saturated heterocycles. The highest BCUT2D eigenvalue weighted by Crippen LogP contribution is 2.33. The number of carbonyl (C=O) groups is 2. The first-order valence-corrected chi connectivity index (χ1v) is 13.2. The Labute approximate surface area is 213 Å². The standard InChI is InChI=1S/C27H29N5O3S/c1-2-35-21-15-13-20(14-16-21)32(25(33)18-31-23-11-6-5-10-22(23)29-30-31)26(24-12-7-17-36-24)27(34)28-19-8-3-4-9-19/h5-7,10-17,19,26H,2-4,8-9,18H2,1H3,(H,28,34). The topological polar surface area (TPSA) is 89.3 Å². The number of ether oxygens (including phenoxy) is 1. The van der Waals surface area contributed by atoms with Crippen LogP contribution in [0.2, 0.25) is 0 Å². The van der Waals surface area contributed by atoms with Crippen LogP contribution in [-0.2, 0) is 16.1 Å². The second kappa shape index (κ2) is 10.9. The van der Waals surface area contributed by atoms with Crippen molar-refractivity contribution in [2.75, 3.05) is 11.5 Å². The van der Waals surface area contributed by atoms with Gasteiger partial charge in [0.1, 0.15) is 23.9 Å². The normalized spacial score (nSPS) is 14.6. The number of rotatable bonds is 9. The first-order chi connectivity index (χ1) is 17.6. The van der Waals surface area contributed by atoms with Crippen molar-refractivity contribution in [1.29, 1.82) is 0 Å². The maximum Gasteiger partial charge on any atom is 0.249 e. The first kappa shape index (κ1) is 24.0. The van der Waals surface area contributed by atoms with Gasteiger partial charge in [-0.3, -0.25) is 14.5 Å². The Hall–Kier alpha value is -3.72. The van der Waals surface area contributed by atoms with Crippen LogP contribution in [-0.4, -0.2) is 39.5 Å². The van der Waals surface area contributed by atoms with Crippen LogP contribution in [0.5, 0.6) is 5.75 Å². The molecule has 0 bridgehead atoms. The third-order valence-corrected chi connectivity index (χ3v) is 7.35. The van der Waals surface area contributed by atoms with Crippen LogP contribution >= 0.6 is 11.3 Å². The average molecular weight is 504 g/mol. The van der Waals surface area contributed by atoms with Gasteiger partial charge in [0.15, 0.2) is 0 Å². The summed E-state index contributed by atoms with van der Waals surface area (Å²) in [5, 5.41) is 13.5. The Balaban J connectivity index is 1.52. The van der Waals surface area contributed by atoms with E-state index in [0.717, 1.165) is 36.1 Å². The number of hydrogen-bond acceptors (Lipinski definition) is 6. The van der Waals surface area contributed by atoms with E-state index in [0.29, 0.717) is 23.6 Å². The highest BCUT2D eigenvalue weighted by Gasteiger charge is 2.35. The van der Waals surface area contributed by atoms with E-state index in [4.69, 9.17) is 4.74 Å². The lowest BCUT2D eigenvalue weighted by Gasteiger charge is -2.31. The molecule has 9 heteroatoms. The number of carbonyl (C=O) groups excluding carboxylic acids is 2. The largest absolute Gasteiger partial charge is 0.494 e. The molecule has 2 aromatic heterocycles. The van der Waals surface area contributed by atoms with E-state index in [2.05, 4.69) is 15.6 Å². The lowest BCUT2D eigenvalue weighted by Crippen LogP contribution is -2.47. The fraction of sp³-hybridized carbons (Fsp3) is 0.333. The van der Waals surface area contributed by atoms with E-state index in [1.54, 1.807) is 9.58 Å². The first-order valence-electron chi connectivity index (χ1n) is 12.3. The molecule has 1 unspecified atom stereocenters. The number of hydrogen-bond donors (Lipinski definition) is 1. The van der Waals surface area contributed by atoms with Crippen LogP contribution in [0.25, 0.3) is 11.0 Å². The summed E-state index contributed by atoms with van der Waals surface area (Å²) in [6.45, 7) is 2.42. The van der Waals surface area contributed by atoms with Gasteiger partial charge in [-0.25, -0.2) is 4.68 Å².